The van der Waals surface area contributed by atoms with E-state index < -0.39 is 0 Å². The Hall–Kier alpha value is -2.93. The monoisotopic (exact) mass is 465 g/mol. The molecule has 0 bridgehead atoms. The zero-order valence-electron chi connectivity index (χ0n) is 17.3. The predicted molar refractivity (Wildman–Crippen MR) is 126 cm³/mol. The Morgan fingerprint density at radius 2 is 1.88 bits per heavy atom. The molecule has 4 aromatic rings. The third-order valence-electron chi connectivity index (χ3n) is 5.75. The Morgan fingerprint density at radius 3 is 2.69 bits per heavy atom. The lowest BCUT2D eigenvalue weighted by molar-refractivity contribution is 0.236. The van der Waals surface area contributed by atoms with Crippen LogP contribution in [0, 0.1) is 0 Å². The Balaban J connectivity index is 1.33. The van der Waals surface area contributed by atoms with Gasteiger partial charge in [0, 0.05) is 62.4 Å². The van der Waals surface area contributed by atoms with Crippen molar-refractivity contribution in [2.45, 2.75) is 26.1 Å². The number of H-pyrrole nitrogens is 1. The first-order chi connectivity index (χ1) is 15.6. The summed E-state index contributed by atoms with van der Waals surface area (Å²) in [6.45, 7) is 2.88. The summed E-state index contributed by atoms with van der Waals surface area (Å²) < 4.78 is 2.20. The van der Waals surface area contributed by atoms with E-state index in [4.69, 9.17) is 28.2 Å². The molecule has 162 valence electrons. The summed E-state index contributed by atoms with van der Waals surface area (Å²) in [5, 5.41) is 1.12. The lowest BCUT2D eigenvalue weighted by atomic mass is 10.1. The molecule has 3 aromatic heterocycles. The smallest absolute Gasteiger partial charge is 0.255 e. The van der Waals surface area contributed by atoms with E-state index in [0.717, 1.165) is 41.9 Å². The standard InChI is InChI=1S/C24H21Cl2N5O/c25-20-4-3-16(12-21(20)26)13-31-10-1-2-18(31)14-30-11-7-22-19(15-30)24(32)29-23(28-22)17-5-8-27-9-6-17/h1-6,8-10,12H,7,11,13-15H2,(H,28,29,32). The van der Waals surface area contributed by atoms with Crippen molar-refractivity contribution in [1.82, 2.24) is 24.4 Å². The predicted octanol–water partition coefficient (Wildman–Crippen LogP) is 4.55. The molecule has 0 aliphatic carbocycles. The first-order valence-corrected chi connectivity index (χ1v) is 11.1. The molecule has 1 aliphatic heterocycles. The summed E-state index contributed by atoms with van der Waals surface area (Å²) in [4.78, 5) is 26.8. The fourth-order valence-electron chi connectivity index (χ4n) is 4.07. The molecule has 5 rings (SSSR count). The highest BCUT2D eigenvalue weighted by atomic mass is 35.5. The van der Waals surface area contributed by atoms with Gasteiger partial charge < -0.3 is 9.55 Å². The van der Waals surface area contributed by atoms with E-state index in [2.05, 4.69) is 31.7 Å². The van der Waals surface area contributed by atoms with Crippen LogP contribution in [0.1, 0.15) is 22.5 Å². The maximum absolute atomic E-state index is 12.8. The fourth-order valence-corrected chi connectivity index (χ4v) is 4.39. The summed E-state index contributed by atoms with van der Waals surface area (Å²) in [5.74, 6) is 0.597. The quantitative estimate of drug-likeness (QED) is 0.469. The summed E-state index contributed by atoms with van der Waals surface area (Å²) in [7, 11) is 0. The Kier molecular flexibility index (Phi) is 5.83. The number of hydrogen-bond acceptors (Lipinski definition) is 4. The summed E-state index contributed by atoms with van der Waals surface area (Å²) in [6, 6.07) is 13.6. The van der Waals surface area contributed by atoms with Gasteiger partial charge >= 0.3 is 0 Å². The van der Waals surface area contributed by atoms with Gasteiger partial charge in [0.05, 0.1) is 21.3 Å². The van der Waals surface area contributed by atoms with Gasteiger partial charge in [-0.3, -0.25) is 14.7 Å². The molecule has 0 atom stereocenters. The number of nitrogens with zero attached hydrogens (tertiary/aromatic N) is 4. The third kappa shape index (κ3) is 4.35. The van der Waals surface area contributed by atoms with Crippen LogP contribution in [0.5, 0.6) is 0 Å². The van der Waals surface area contributed by atoms with Crippen molar-refractivity contribution >= 4 is 23.2 Å². The first-order valence-electron chi connectivity index (χ1n) is 10.4. The first kappa shape index (κ1) is 20.9. The molecule has 0 radical (unpaired) electrons. The van der Waals surface area contributed by atoms with Crippen molar-refractivity contribution in [2.24, 2.45) is 0 Å². The van der Waals surface area contributed by atoms with Crippen LogP contribution < -0.4 is 5.56 Å². The minimum absolute atomic E-state index is 0.0716. The normalized spacial score (nSPS) is 13.8. The summed E-state index contributed by atoms with van der Waals surface area (Å²) in [6.07, 6.45) is 6.20. The molecule has 0 saturated heterocycles. The molecule has 0 spiro atoms. The van der Waals surface area contributed by atoms with E-state index in [0.29, 0.717) is 29.0 Å². The van der Waals surface area contributed by atoms with Crippen LogP contribution in [0.3, 0.4) is 0 Å². The molecule has 0 fully saturated rings. The van der Waals surface area contributed by atoms with Gasteiger partial charge in [-0.25, -0.2) is 4.98 Å². The average Bonchev–Trinajstić information content (AvgIpc) is 3.23. The number of benzene rings is 1. The van der Waals surface area contributed by atoms with E-state index in [1.165, 1.54) is 5.69 Å². The SMILES string of the molecule is O=c1[nH]c(-c2ccncc2)nc2c1CN(Cc1cccn1Cc1ccc(Cl)c(Cl)c1)CC2. The molecule has 0 saturated carbocycles. The Bertz CT molecular complexity index is 1320. The molecular weight excluding hydrogens is 445 g/mol. The van der Waals surface area contributed by atoms with Crippen LogP contribution in [0.25, 0.3) is 11.4 Å². The fraction of sp³-hybridized carbons (Fsp3) is 0.208. The lowest BCUT2D eigenvalue weighted by Gasteiger charge is -2.28. The molecule has 1 N–H and O–H groups in total. The second-order valence-electron chi connectivity index (χ2n) is 7.91. The van der Waals surface area contributed by atoms with Gasteiger partial charge in [0.2, 0.25) is 0 Å². The topological polar surface area (TPSA) is 66.8 Å². The van der Waals surface area contributed by atoms with Crippen LogP contribution in [-0.2, 0) is 26.1 Å². The molecule has 4 heterocycles. The highest BCUT2D eigenvalue weighted by molar-refractivity contribution is 6.42. The van der Waals surface area contributed by atoms with Crippen LogP contribution in [0.15, 0.2) is 65.8 Å². The van der Waals surface area contributed by atoms with Gasteiger partial charge in [0.15, 0.2) is 0 Å². The molecule has 0 unspecified atom stereocenters. The summed E-state index contributed by atoms with van der Waals surface area (Å²) >= 11 is 12.2. The van der Waals surface area contributed by atoms with E-state index >= 15 is 0 Å². The van der Waals surface area contributed by atoms with Crippen molar-refractivity contribution in [3.05, 3.63) is 104 Å². The molecular formula is C24H21Cl2N5O. The zero-order chi connectivity index (χ0) is 22.1. The molecule has 32 heavy (non-hydrogen) atoms. The minimum atomic E-state index is -0.0716. The van der Waals surface area contributed by atoms with Crippen LogP contribution in [0.2, 0.25) is 10.0 Å². The zero-order valence-corrected chi connectivity index (χ0v) is 18.8. The van der Waals surface area contributed by atoms with E-state index in [-0.39, 0.29) is 5.56 Å². The van der Waals surface area contributed by atoms with Gasteiger partial charge in [0.1, 0.15) is 5.82 Å². The third-order valence-corrected chi connectivity index (χ3v) is 6.49. The number of aromatic nitrogens is 4. The number of hydrogen-bond donors (Lipinski definition) is 1. The summed E-state index contributed by atoms with van der Waals surface area (Å²) in [5.41, 5.74) is 4.68. The number of fused-ring (bicyclic) bond motifs is 1. The van der Waals surface area contributed by atoms with Crippen molar-refractivity contribution in [3.8, 4) is 11.4 Å². The second-order valence-corrected chi connectivity index (χ2v) is 8.73. The average molecular weight is 466 g/mol. The van der Waals surface area contributed by atoms with Crippen molar-refractivity contribution in [2.75, 3.05) is 6.54 Å². The van der Waals surface area contributed by atoms with Gasteiger partial charge in [-0.1, -0.05) is 29.3 Å². The molecule has 8 heteroatoms. The van der Waals surface area contributed by atoms with Crippen LogP contribution in [-0.4, -0.2) is 31.0 Å². The van der Waals surface area contributed by atoms with E-state index in [9.17, 15) is 4.79 Å². The van der Waals surface area contributed by atoms with Gasteiger partial charge in [-0.2, -0.15) is 0 Å². The van der Waals surface area contributed by atoms with E-state index in [1.807, 2.05) is 36.4 Å². The molecule has 1 aromatic carbocycles. The number of halogens is 2. The Labute approximate surface area is 195 Å². The minimum Gasteiger partial charge on any atom is -0.346 e. The second kappa shape index (κ2) is 8.90. The van der Waals surface area contributed by atoms with Crippen LogP contribution >= 0.6 is 23.2 Å². The number of aromatic amines is 1. The van der Waals surface area contributed by atoms with E-state index in [1.54, 1.807) is 12.4 Å². The van der Waals surface area contributed by atoms with Gasteiger partial charge in [-0.05, 0) is 42.0 Å². The van der Waals surface area contributed by atoms with Crippen molar-refractivity contribution in [1.29, 1.82) is 0 Å². The number of nitrogens with one attached hydrogen (secondary N) is 1. The lowest BCUT2D eigenvalue weighted by Crippen LogP contribution is -2.36. The van der Waals surface area contributed by atoms with Gasteiger partial charge in [0.25, 0.3) is 5.56 Å². The number of pyridine rings is 1. The van der Waals surface area contributed by atoms with Crippen LogP contribution in [0.4, 0.5) is 0 Å². The largest absolute Gasteiger partial charge is 0.346 e. The maximum atomic E-state index is 12.8. The molecule has 6 nitrogen and oxygen atoms in total. The van der Waals surface area contributed by atoms with Crippen molar-refractivity contribution in [3.63, 3.8) is 0 Å². The van der Waals surface area contributed by atoms with Crippen molar-refractivity contribution < 1.29 is 0 Å². The molecule has 0 amide bonds. The Morgan fingerprint density at radius 1 is 1.03 bits per heavy atom. The maximum Gasteiger partial charge on any atom is 0.255 e. The van der Waals surface area contributed by atoms with Gasteiger partial charge in [-0.15, -0.1) is 0 Å². The number of rotatable bonds is 5. The highest BCUT2D eigenvalue weighted by Crippen LogP contribution is 2.24. The molecule has 1 aliphatic rings. The highest BCUT2D eigenvalue weighted by Gasteiger charge is 2.22.